The second-order valence-electron chi connectivity index (χ2n) is 5.51. The Labute approximate surface area is 143 Å². The first kappa shape index (κ1) is 15.3. The molecule has 1 N–H and O–H groups in total. The van der Waals surface area contributed by atoms with Crippen LogP contribution in [0.5, 0.6) is 5.75 Å². The Bertz CT molecular complexity index is 1140. The molecular weight excluding hydrogens is 342 g/mol. The van der Waals surface area contributed by atoms with Crippen molar-refractivity contribution in [1.82, 2.24) is 5.32 Å². The van der Waals surface area contributed by atoms with Crippen LogP contribution in [0.2, 0.25) is 0 Å². The Morgan fingerprint density at radius 2 is 1.52 bits per heavy atom. The van der Waals surface area contributed by atoms with Gasteiger partial charge in [-0.3, -0.25) is 14.9 Å². The molecule has 124 valence electrons. The number of carbonyl (C=O) groups excluding carboxylic acids is 2. The first-order valence-corrected chi connectivity index (χ1v) is 8.78. The predicted molar refractivity (Wildman–Crippen MR) is 90.0 cm³/mol. The number of benzene rings is 3. The SMILES string of the molecule is O=C1NC(=O)c2cc(S(=O)(=O)Oc3ccccc3)cc3cccc1c23. The molecule has 4 rings (SSSR count). The number of nitrogens with one attached hydrogen (secondary N) is 1. The second-order valence-corrected chi connectivity index (χ2v) is 7.05. The van der Waals surface area contributed by atoms with Gasteiger partial charge >= 0.3 is 10.1 Å². The predicted octanol–water partition coefficient (Wildman–Crippen LogP) is 2.49. The first-order chi connectivity index (χ1) is 12.0. The standard InChI is InChI=1S/C18H11NO5S/c20-17-14-8-4-5-11-9-13(10-15(16(11)14)18(21)19-17)25(22,23)24-12-6-2-1-3-7-12/h1-10H,(H,19,20,21). The van der Waals surface area contributed by atoms with E-state index >= 15 is 0 Å². The molecular formula is C18H11NO5S. The minimum atomic E-state index is -4.13. The zero-order chi connectivity index (χ0) is 17.6. The van der Waals surface area contributed by atoms with Crippen LogP contribution in [-0.4, -0.2) is 20.2 Å². The Kier molecular flexibility index (Phi) is 3.33. The summed E-state index contributed by atoms with van der Waals surface area (Å²) in [5.74, 6) is -0.964. The van der Waals surface area contributed by atoms with Gasteiger partial charge in [0.1, 0.15) is 10.6 Å². The third-order valence-electron chi connectivity index (χ3n) is 3.90. The fraction of sp³-hybridized carbons (Fsp3) is 0. The van der Waals surface area contributed by atoms with Crippen LogP contribution >= 0.6 is 0 Å². The van der Waals surface area contributed by atoms with E-state index < -0.39 is 21.9 Å². The normalized spacial score (nSPS) is 13.6. The molecule has 0 unspecified atom stereocenters. The van der Waals surface area contributed by atoms with Crippen molar-refractivity contribution < 1.29 is 22.2 Å². The number of hydrogen-bond donors (Lipinski definition) is 1. The van der Waals surface area contributed by atoms with Gasteiger partial charge in [0.15, 0.2) is 0 Å². The zero-order valence-electron chi connectivity index (χ0n) is 12.7. The van der Waals surface area contributed by atoms with E-state index in [-0.39, 0.29) is 16.2 Å². The topological polar surface area (TPSA) is 89.5 Å². The van der Waals surface area contributed by atoms with Crippen LogP contribution in [0.1, 0.15) is 20.7 Å². The lowest BCUT2D eigenvalue weighted by Gasteiger charge is -2.17. The monoisotopic (exact) mass is 353 g/mol. The average molecular weight is 353 g/mol. The lowest BCUT2D eigenvalue weighted by molar-refractivity contribution is 0.0845. The molecule has 1 heterocycles. The van der Waals surface area contributed by atoms with Gasteiger partial charge < -0.3 is 4.18 Å². The highest BCUT2D eigenvalue weighted by Crippen LogP contribution is 2.30. The van der Waals surface area contributed by atoms with Gasteiger partial charge in [0.05, 0.1) is 0 Å². The van der Waals surface area contributed by atoms with Gasteiger partial charge in [-0.05, 0) is 35.7 Å². The number of imide groups is 1. The maximum absolute atomic E-state index is 12.6. The number of carbonyl (C=O) groups is 2. The molecule has 0 fully saturated rings. The van der Waals surface area contributed by atoms with E-state index in [0.717, 1.165) is 0 Å². The van der Waals surface area contributed by atoms with E-state index in [1.54, 1.807) is 36.4 Å². The number of amides is 2. The molecule has 0 aliphatic carbocycles. The van der Waals surface area contributed by atoms with Crippen LogP contribution in [-0.2, 0) is 10.1 Å². The van der Waals surface area contributed by atoms with Crippen molar-refractivity contribution >= 4 is 32.7 Å². The summed E-state index contributed by atoms with van der Waals surface area (Å²) >= 11 is 0. The molecule has 0 spiro atoms. The van der Waals surface area contributed by atoms with Crippen molar-refractivity contribution in [3.8, 4) is 5.75 Å². The maximum atomic E-state index is 12.6. The quantitative estimate of drug-likeness (QED) is 0.577. The molecule has 1 aliphatic rings. The van der Waals surface area contributed by atoms with Gasteiger partial charge in [0, 0.05) is 16.5 Å². The molecule has 0 radical (unpaired) electrons. The zero-order valence-corrected chi connectivity index (χ0v) is 13.5. The van der Waals surface area contributed by atoms with E-state index in [1.807, 2.05) is 0 Å². The molecule has 0 saturated carbocycles. The van der Waals surface area contributed by atoms with E-state index in [1.165, 1.54) is 24.3 Å². The molecule has 3 aromatic rings. The molecule has 0 bridgehead atoms. The molecule has 7 heteroatoms. The summed E-state index contributed by atoms with van der Waals surface area (Å²) in [5, 5.41) is 3.13. The van der Waals surface area contributed by atoms with Gasteiger partial charge in [-0.2, -0.15) is 8.42 Å². The lowest BCUT2D eigenvalue weighted by Crippen LogP contribution is -2.34. The second kappa shape index (κ2) is 5.42. The molecule has 25 heavy (non-hydrogen) atoms. The third-order valence-corrected chi connectivity index (χ3v) is 5.13. The highest BCUT2D eigenvalue weighted by molar-refractivity contribution is 7.87. The Morgan fingerprint density at radius 3 is 2.28 bits per heavy atom. The van der Waals surface area contributed by atoms with Crippen molar-refractivity contribution in [2.75, 3.05) is 0 Å². The van der Waals surface area contributed by atoms with Crippen LogP contribution in [0.15, 0.2) is 65.6 Å². The summed E-state index contributed by atoms with van der Waals surface area (Å²) in [6.45, 7) is 0. The lowest BCUT2D eigenvalue weighted by atomic mass is 9.95. The minimum Gasteiger partial charge on any atom is -0.379 e. The van der Waals surface area contributed by atoms with Crippen LogP contribution in [0.25, 0.3) is 10.8 Å². The summed E-state index contributed by atoms with van der Waals surface area (Å²) in [4.78, 5) is 23.9. The van der Waals surface area contributed by atoms with E-state index in [2.05, 4.69) is 5.32 Å². The highest BCUT2D eigenvalue weighted by Gasteiger charge is 2.28. The summed E-state index contributed by atoms with van der Waals surface area (Å²) < 4.78 is 30.2. The molecule has 2 amide bonds. The van der Waals surface area contributed by atoms with Gasteiger partial charge in [-0.25, -0.2) is 0 Å². The number of para-hydroxylation sites is 1. The largest absolute Gasteiger partial charge is 0.379 e. The molecule has 0 aromatic heterocycles. The van der Waals surface area contributed by atoms with E-state index in [0.29, 0.717) is 16.3 Å². The third kappa shape index (κ3) is 2.54. The van der Waals surface area contributed by atoms with Gasteiger partial charge in [0.2, 0.25) is 0 Å². The highest BCUT2D eigenvalue weighted by atomic mass is 32.2. The smallest absolute Gasteiger partial charge is 0.339 e. The van der Waals surface area contributed by atoms with Crippen molar-refractivity contribution in [1.29, 1.82) is 0 Å². The summed E-state index contributed by atoms with van der Waals surface area (Å²) in [5.41, 5.74) is 0.461. The van der Waals surface area contributed by atoms with E-state index in [4.69, 9.17) is 4.18 Å². The van der Waals surface area contributed by atoms with Crippen molar-refractivity contribution in [2.24, 2.45) is 0 Å². The van der Waals surface area contributed by atoms with Gasteiger partial charge in [-0.1, -0.05) is 30.3 Å². The Hall–Kier alpha value is -3.19. The summed E-state index contributed by atoms with van der Waals surface area (Å²) in [7, 11) is -4.13. The Morgan fingerprint density at radius 1 is 0.800 bits per heavy atom. The fourth-order valence-electron chi connectivity index (χ4n) is 2.80. The number of rotatable bonds is 3. The molecule has 0 saturated heterocycles. The Balaban J connectivity index is 1.90. The van der Waals surface area contributed by atoms with Crippen LogP contribution in [0.3, 0.4) is 0 Å². The van der Waals surface area contributed by atoms with Crippen molar-refractivity contribution in [3.63, 3.8) is 0 Å². The minimum absolute atomic E-state index is 0.128. The van der Waals surface area contributed by atoms with Gasteiger partial charge in [0.25, 0.3) is 11.8 Å². The summed E-state index contributed by atoms with van der Waals surface area (Å²) in [6.07, 6.45) is 0. The maximum Gasteiger partial charge on any atom is 0.339 e. The van der Waals surface area contributed by atoms with Crippen LogP contribution in [0.4, 0.5) is 0 Å². The van der Waals surface area contributed by atoms with Crippen molar-refractivity contribution in [3.05, 3.63) is 71.8 Å². The summed E-state index contributed by atoms with van der Waals surface area (Å²) in [6, 6.07) is 15.6. The molecule has 0 atom stereocenters. The van der Waals surface area contributed by atoms with Crippen LogP contribution < -0.4 is 9.50 Å². The average Bonchev–Trinajstić information content (AvgIpc) is 2.59. The van der Waals surface area contributed by atoms with Gasteiger partial charge in [-0.15, -0.1) is 0 Å². The fourth-order valence-corrected chi connectivity index (χ4v) is 3.80. The molecule has 3 aromatic carbocycles. The molecule has 1 aliphatic heterocycles. The number of hydrogen-bond acceptors (Lipinski definition) is 5. The first-order valence-electron chi connectivity index (χ1n) is 7.38. The van der Waals surface area contributed by atoms with Crippen molar-refractivity contribution in [2.45, 2.75) is 4.90 Å². The van der Waals surface area contributed by atoms with E-state index in [9.17, 15) is 18.0 Å². The van der Waals surface area contributed by atoms with Crippen LogP contribution in [0, 0.1) is 0 Å². The molecule has 6 nitrogen and oxygen atoms in total.